The predicted octanol–water partition coefficient (Wildman–Crippen LogP) is 0.292. The van der Waals surface area contributed by atoms with Gasteiger partial charge in [-0.05, 0) is 0 Å². The predicted molar refractivity (Wildman–Crippen MR) is 68.4 cm³/mol. The molecule has 0 aliphatic carbocycles. The maximum atomic E-state index is 12.1. The SMILES string of the molecule is CC(C)c1nc(C(=O)NC2(C(=O)O)CCOCC2)n[nH]1. The highest BCUT2D eigenvalue weighted by atomic mass is 16.5. The lowest BCUT2D eigenvalue weighted by atomic mass is 9.90. The smallest absolute Gasteiger partial charge is 0.329 e. The second-order valence-electron chi connectivity index (χ2n) is 5.15. The molecule has 1 amide bonds. The van der Waals surface area contributed by atoms with Gasteiger partial charge in [-0.25, -0.2) is 9.78 Å². The number of aromatic nitrogens is 3. The molecule has 0 atom stereocenters. The topological polar surface area (TPSA) is 117 Å². The van der Waals surface area contributed by atoms with Gasteiger partial charge in [0.25, 0.3) is 5.91 Å². The van der Waals surface area contributed by atoms with E-state index in [1.165, 1.54) is 0 Å². The fourth-order valence-electron chi connectivity index (χ4n) is 2.02. The number of carbonyl (C=O) groups excluding carboxylic acids is 1. The maximum absolute atomic E-state index is 12.1. The Balaban J connectivity index is 2.13. The molecule has 3 N–H and O–H groups in total. The van der Waals surface area contributed by atoms with E-state index in [9.17, 15) is 14.7 Å². The number of amides is 1. The summed E-state index contributed by atoms with van der Waals surface area (Å²) < 4.78 is 5.15. The number of aromatic amines is 1. The Morgan fingerprint density at radius 1 is 1.40 bits per heavy atom. The fourth-order valence-corrected chi connectivity index (χ4v) is 2.02. The normalized spacial score (nSPS) is 17.9. The number of hydrogen-bond donors (Lipinski definition) is 3. The number of nitrogens with zero attached hydrogens (tertiary/aromatic N) is 2. The van der Waals surface area contributed by atoms with E-state index in [-0.39, 0.29) is 24.6 Å². The minimum absolute atomic E-state index is 0.0409. The Bertz CT molecular complexity index is 505. The second-order valence-corrected chi connectivity index (χ2v) is 5.15. The fraction of sp³-hybridized carbons (Fsp3) is 0.667. The van der Waals surface area contributed by atoms with Crippen LogP contribution >= 0.6 is 0 Å². The van der Waals surface area contributed by atoms with Crippen LogP contribution in [0.3, 0.4) is 0 Å². The van der Waals surface area contributed by atoms with Crippen molar-refractivity contribution in [3.8, 4) is 0 Å². The first kappa shape index (κ1) is 14.4. The molecule has 0 aromatic carbocycles. The highest BCUT2D eigenvalue weighted by Gasteiger charge is 2.42. The van der Waals surface area contributed by atoms with Gasteiger partial charge < -0.3 is 15.2 Å². The number of hydrogen-bond acceptors (Lipinski definition) is 5. The Labute approximate surface area is 115 Å². The summed E-state index contributed by atoms with van der Waals surface area (Å²) in [6.45, 7) is 4.44. The van der Waals surface area contributed by atoms with E-state index in [4.69, 9.17) is 4.74 Å². The lowest BCUT2D eigenvalue weighted by molar-refractivity contribution is -0.148. The number of carbonyl (C=O) groups is 2. The molecule has 8 heteroatoms. The molecule has 0 saturated carbocycles. The molecule has 1 fully saturated rings. The third-order valence-corrected chi connectivity index (χ3v) is 3.36. The van der Waals surface area contributed by atoms with Crippen molar-refractivity contribution in [2.24, 2.45) is 0 Å². The molecule has 0 bridgehead atoms. The van der Waals surface area contributed by atoms with E-state index in [0.717, 1.165) is 0 Å². The first-order valence-corrected chi connectivity index (χ1v) is 6.50. The van der Waals surface area contributed by atoms with Crippen LogP contribution < -0.4 is 5.32 Å². The highest BCUT2D eigenvalue weighted by Crippen LogP contribution is 2.21. The lowest BCUT2D eigenvalue weighted by Gasteiger charge is -2.33. The number of carboxylic acid groups (broad SMARTS) is 1. The zero-order chi connectivity index (χ0) is 14.8. The van der Waals surface area contributed by atoms with Gasteiger partial charge in [-0.15, -0.1) is 5.10 Å². The van der Waals surface area contributed by atoms with Crippen LogP contribution in [0, 0.1) is 0 Å². The van der Waals surface area contributed by atoms with Gasteiger partial charge in [-0.2, -0.15) is 0 Å². The number of nitrogens with one attached hydrogen (secondary N) is 2. The van der Waals surface area contributed by atoms with Gasteiger partial charge in [-0.3, -0.25) is 9.89 Å². The van der Waals surface area contributed by atoms with Crippen LogP contribution in [0.5, 0.6) is 0 Å². The summed E-state index contributed by atoms with van der Waals surface area (Å²) in [6.07, 6.45) is 0.463. The van der Waals surface area contributed by atoms with Crippen LogP contribution in [-0.4, -0.2) is 50.9 Å². The molecule has 8 nitrogen and oxygen atoms in total. The Morgan fingerprint density at radius 3 is 2.55 bits per heavy atom. The van der Waals surface area contributed by atoms with E-state index in [0.29, 0.717) is 19.0 Å². The van der Waals surface area contributed by atoms with Gasteiger partial charge in [0.2, 0.25) is 5.82 Å². The van der Waals surface area contributed by atoms with Crippen molar-refractivity contribution in [2.45, 2.75) is 38.1 Å². The number of ether oxygens (including phenoxy) is 1. The van der Waals surface area contributed by atoms with E-state index < -0.39 is 17.4 Å². The minimum atomic E-state index is -1.30. The molecule has 20 heavy (non-hydrogen) atoms. The van der Waals surface area contributed by atoms with Crippen molar-refractivity contribution < 1.29 is 19.4 Å². The van der Waals surface area contributed by atoms with Gasteiger partial charge in [0.15, 0.2) is 0 Å². The standard InChI is InChI=1S/C12H18N4O4/c1-7(2)8-13-9(16-15-8)10(17)14-12(11(18)19)3-5-20-6-4-12/h7H,3-6H2,1-2H3,(H,14,17)(H,18,19)(H,13,15,16). The molecule has 1 aliphatic rings. The van der Waals surface area contributed by atoms with Crippen LogP contribution in [0.15, 0.2) is 0 Å². The maximum Gasteiger partial charge on any atom is 0.329 e. The second kappa shape index (κ2) is 5.58. The molecule has 1 aromatic rings. The summed E-state index contributed by atoms with van der Waals surface area (Å²) in [5.74, 6) is -0.987. The molecule has 0 unspecified atom stereocenters. The average Bonchev–Trinajstić information content (AvgIpc) is 2.89. The molecule has 1 aromatic heterocycles. The number of rotatable bonds is 4. The van der Waals surface area contributed by atoms with E-state index in [1.54, 1.807) is 0 Å². The first-order chi connectivity index (χ1) is 9.44. The van der Waals surface area contributed by atoms with Gasteiger partial charge in [-0.1, -0.05) is 13.8 Å². The minimum Gasteiger partial charge on any atom is -0.480 e. The molecular weight excluding hydrogens is 264 g/mol. The zero-order valence-electron chi connectivity index (χ0n) is 11.5. The summed E-state index contributed by atoms with van der Waals surface area (Å²) in [5, 5.41) is 18.4. The van der Waals surface area contributed by atoms with Crippen LogP contribution in [-0.2, 0) is 9.53 Å². The zero-order valence-corrected chi connectivity index (χ0v) is 11.5. The Kier molecular flexibility index (Phi) is 4.03. The molecule has 110 valence electrons. The van der Waals surface area contributed by atoms with Crippen LogP contribution in [0.4, 0.5) is 0 Å². The summed E-state index contributed by atoms with van der Waals surface area (Å²) in [4.78, 5) is 27.6. The molecular formula is C12H18N4O4. The number of carboxylic acids is 1. The van der Waals surface area contributed by atoms with Crippen LogP contribution in [0.2, 0.25) is 0 Å². The van der Waals surface area contributed by atoms with Crippen molar-refractivity contribution in [1.29, 1.82) is 0 Å². The molecule has 2 rings (SSSR count). The third kappa shape index (κ3) is 2.79. The van der Waals surface area contributed by atoms with E-state index >= 15 is 0 Å². The van der Waals surface area contributed by atoms with Gasteiger partial charge in [0, 0.05) is 32.0 Å². The summed E-state index contributed by atoms with van der Waals surface area (Å²) in [6, 6.07) is 0. The van der Waals surface area contributed by atoms with Crippen LogP contribution in [0.1, 0.15) is 49.1 Å². The first-order valence-electron chi connectivity index (χ1n) is 6.50. The van der Waals surface area contributed by atoms with Crippen molar-refractivity contribution in [3.63, 3.8) is 0 Å². The largest absolute Gasteiger partial charge is 0.480 e. The van der Waals surface area contributed by atoms with Crippen molar-refractivity contribution in [1.82, 2.24) is 20.5 Å². The monoisotopic (exact) mass is 282 g/mol. The van der Waals surface area contributed by atoms with E-state index in [2.05, 4.69) is 20.5 Å². The summed E-state index contributed by atoms with van der Waals surface area (Å²) in [5.41, 5.74) is -1.30. The summed E-state index contributed by atoms with van der Waals surface area (Å²) >= 11 is 0. The summed E-state index contributed by atoms with van der Waals surface area (Å²) in [7, 11) is 0. The molecule has 0 spiro atoms. The van der Waals surface area contributed by atoms with Crippen LogP contribution in [0.25, 0.3) is 0 Å². The van der Waals surface area contributed by atoms with Gasteiger partial charge >= 0.3 is 5.97 Å². The Hall–Kier alpha value is -1.96. The van der Waals surface area contributed by atoms with E-state index in [1.807, 2.05) is 13.8 Å². The average molecular weight is 282 g/mol. The Morgan fingerprint density at radius 2 is 2.05 bits per heavy atom. The quantitative estimate of drug-likeness (QED) is 0.730. The molecule has 2 heterocycles. The molecule has 0 radical (unpaired) electrons. The van der Waals surface area contributed by atoms with Gasteiger partial charge in [0.05, 0.1) is 0 Å². The molecule has 1 saturated heterocycles. The number of aliphatic carboxylic acids is 1. The van der Waals surface area contributed by atoms with Crippen molar-refractivity contribution in [3.05, 3.63) is 11.6 Å². The third-order valence-electron chi connectivity index (χ3n) is 3.36. The van der Waals surface area contributed by atoms with Crippen molar-refractivity contribution in [2.75, 3.05) is 13.2 Å². The van der Waals surface area contributed by atoms with Gasteiger partial charge in [0.1, 0.15) is 11.4 Å². The van der Waals surface area contributed by atoms with Crippen molar-refractivity contribution >= 4 is 11.9 Å². The number of H-pyrrole nitrogens is 1. The lowest BCUT2D eigenvalue weighted by Crippen LogP contribution is -2.57. The highest BCUT2D eigenvalue weighted by molar-refractivity contribution is 5.95. The molecule has 1 aliphatic heterocycles.